The average Bonchev–Trinajstić information content (AvgIpc) is 2.62. The Bertz CT molecular complexity index is 766. The molecular weight excluding hydrogens is 289 g/mol. The minimum atomic E-state index is -0.352. The largest absolute Gasteiger partial charge is 0.368 e. The van der Waals surface area contributed by atoms with Gasteiger partial charge in [-0.2, -0.15) is 0 Å². The summed E-state index contributed by atoms with van der Waals surface area (Å²) in [5.74, 6) is 7.15. The van der Waals surface area contributed by atoms with E-state index >= 15 is 0 Å². The van der Waals surface area contributed by atoms with Crippen LogP contribution in [-0.4, -0.2) is 23.2 Å². The molecule has 3 rings (SSSR count). The van der Waals surface area contributed by atoms with Gasteiger partial charge in [0.2, 0.25) is 0 Å². The van der Waals surface area contributed by atoms with Crippen LogP contribution in [0.2, 0.25) is 0 Å². The molecular formula is C19H20FN3. The predicted octanol–water partition coefficient (Wildman–Crippen LogP) is 4.28. The minimum absolute atomic E-state index is 0.352. The summed E-state index contributed by atoms with van der Waals surface area (Å²) in [4.78, 5) is 8.53. The number of nitrogens with one attached hydrogen (secondary N) is 1. The van der Waals surface area contributed by atoms with E-state index in [4.69, 9.17) is 0 Å². The van der Waals surface area contributed by atoms with Gasteiger partial charge >= 0.3 is 0 Å². The van der Waals surface area contributed by atoms with Crippen molar-refractivity contribution in [3.05, 3.63) is 41.7 Å². The summed E-state index contributed by atoms with van der Waals surface area (Å²) in [7, 11) is 0. The molecule has 0 atom stereocenters. The molecule has 0 saturated heterocycles. The molecule has 4 heteroatoms. The lowest BCUT2D eigenvalue weighted by Crippen LogP contribution is -2.04. The van der Waals surface area contributed by atoms with Crippen molar-refractivity contribution in [1.82, 2.24) is 9.97 Å². The molecule has 1 heterocycles. The topological polar surface area (TPSA) is 37.8 Å². The molecule has 118 valence electrons. The first-order valence-corrected chi connectivity index (χ1v) is 8.08. The van der Waals surface area contributed by atoms with Crippen molar-refractivity contribution in [2.45, 2.75) is 32.1 Å². The maximum atomic E-state index is 12.9. The Labute approximate surface area is 136 Å². The van der Waals surface area contributed by atoms with Gasteiger partial charge in [-0.3, -0.25) is 0 Å². The Kier molecular flexibility index (Phi) is 5.21. The highest BCUT2D eigenvalue weighted by atomic mass is 19.1. The number of benzene rings is 1. The highest BCUT2D eigenvalue weighted by Gasteiger charge is 2.10. The van der Waals surface area contributed by atoms with Gasteiger partial charge in [0.05, 0.1) is 5.52 Å². The second-order valence-corrected chi connectivity index (χ2v) is 5.64. The van der Waals surface area contributed by atoms with Crippen LogP contribution >= 0.6 is 0 Å². The summed E-state index contributed by atoms with van der Waals surface area (Å²) in [5, 5.41) is 4.32. The smallest absolute Gasteiger partial charge is 0.137 e. The number of fused-ring (bicyclic) bond motifs is 1. The van der Waals surface area contributed by atoms with Crippen molar-refractivity contribution in [1.29, 1.82) is 0 Å². The molecule has 1 aliphatic carbocycles. The number of hydrogen-bond acceptors (Lipinski definition) is 3. The Hall–Kier alpha value is -2.41. The third kappa shape index (κ3) is 3.87. The van der Waals surface area contributed by atoms with Gasteiger partial charge in [0.25, 0.3) is 0 Å². The number of hydrogen-bond donors (Lipinski definition) is 1. The number of alkyl halides is 1. The predicted molar refractivity (Wildman–Crippen MR) is 91.9 cm³/mol. The molecule has 2 aromatic rings. The molecule has 1 N–H and O–H groups in total. The van der Waals surface area contributed by atoms with Crippen LogP contribution < -0.4 is 5.32 Å². The first-order valence-electron chi connectivity index (χ1n) is 8.08. The summed E-state index contributed by atoms with van der Waals surface area (Å²) < 4.78 is 12.9. The zero-order valence-electron chi connectivity index (χ0n) is 13.1. The van der Waals surface area contributed by atoms with E-state index in [1.54, 1.807) is 6.33 Å². The monoisotopic (exact) mass is 309 g/mol. The Morgan fingerprint density at radius 2 is 2.00 bits per heavy atom. The third-order valence-electron chi connectivity index (χ3n) is 4.07. The van der Waals surface area contributed by atoms with E-state index in [9.17, 15) is 4.39 Å². The molecule has 1 aromatic heterocycles. The summed E-state index contributed by atoms with van der Waals surface area (Å²) in [6, 6.07) is 7.91. The Balaban J connectivity index is 1.60. The SMILES string of the molecule is FCC1=C(C#CCCNc2ncnc3ccccc23)CCCC1. The molecule has 1 aliphatic rings. The van der Waals surface area contributed by atoms with Gasteiger partial charge in [-0.25, -0.2) is 14.4 Å². The number of rotatable bonds is 4. The van der Waals surface area contributed by atoms with Gasteiger partial charge in [0, 0.05) is 23.9 Å². The number of nitrogens with zero attached hydrogens (tertiary/aromatic N) is 2. The molecule has 0 radical (unpaired) electrons. The van der Waals surface area contributed by atoms with Crippen molar-refractivity contribution in [2.24, 2.45) is 0 Å². The zero-order chi connectivity index (χ0) is 15.9. The van der Waals surface area contributed by atoms with E-state index in [1.165, 1.54) is 0 Å². The van der Waals surface area contributed by atoms with E-state index in [0.717, 1.165) is 53.6 Å². The van der Waals surface area contributed by atoms with Crippen LogP contribution in [0.1, 0.15) is 32.1 Å². The quantitative estimate of drug-likeness (QED) is 0.677. The lowest BCUT2D eigenvalue weighted by molar-refractivity contribution is 0.511. The fourth-order valence-corrected chi connectivity index (χ4v) is 2.82. The molecule has 0 spiro atoms. The van der Waals surface area contributed by atoms with E-state index in [0.29, 0.717) is 13.0 Å². The van der Waals surface area contributed by atoms with Gasteiger partial charge < -0.3 is 5.32 Å². The van der Waals surface area contributed by atoms with Crippen LogP contribution in [-0.2, 0) is 0 Å². The lowest BCUT2D eigenvalue weighted by atomic mass is 9.93. The molecule has 0 bridgehead atoms. The summed E-state index contributed by atoms with van der Waals surface area (Å²) in [6.45, 7) is 0.363. The number of anilines is 1. The number of allylic oxidation sites excluding steroid dienone is 2. The normalized spacial score (nSPS) is 14.5. The molecule has 0 aliphatic heterocycles. The van der Waals surface area contributed by atoms with Crippen molar-refractivity contribution < 1.29 is 4.39 Å². The standard InChI is InChI=1S/C19H20FN3/c20-13-16-9-2-1-7-15(16)8-5-6-12-21-19-17-10-3-4-11-18(17)22-14-23-19/h3-4,10-11,14H,1-2,6-7,9,12-13H2,(H,21,22,23). The number of halogens is 1. The summed E-state index contributed by atoms with van der Waals surface area (Å²) in [5.41, 5.74) is 2.85. The number of aromatic nitrogens is 2. The molecule has 23 heavy (non-hydrogen) atoms. The van der Waals surface area contributed by atoms with Crippen molar-refractivity contribution in [3.63, 3.8) is 0 Å². The minimum Gasteiger partial charge on any atom is -0.368 e. The van der Waals surface area contributed by atoms with Gasteiger partial charge in [0.15, 0.2) is 0 Å². The highest BCUT2D eigenvalue weighted by Crippen LogP contribution is 2.24. The fourth-order valence-electron chi connectivity index (χ4n) is 2.82. The second kappa shape index (κ2) is 7.73. The summed E-state index contributed by atoms with van der Waals surface area (Å²) in [6.07, 6.45) is 6.28. The van der Waals surface area contributed by atoms with Gasteiger partial charge in [-0.05, 0) is 43.4 Å². The Morgan fingerprint density at radius 1 is 1.13 bits per heavy atom. The Morgan fingerprint density at radius 3 is 2.91 bits per heavy atom. The van der Waals surface area contributed by atoms with E-state index in [1.807, 2.05) is 24.3 Å². The van der Waals surface area contributed by atoms with Gasteiger partial charge in [-0.1, -0.05) is 24.0 Å². The first-order chi connectivity index (χ1) is 11.4. The first kappa shape index (κ1) is 15.5. The molecule has 1 aromatic carbocycles. The molecule has 0 fully saturated rings. The maximum absolute atomic E-state index is 12.9. The van der Waals surface area contributed by atoms with Crippen LogP contribution in [0.25, 0.3) is 10.9 Å². The number of para-hydroxylation sites is 1. The molecule has 0 saturated carbocycles. The molecule has 0 unspecified atom stereocenters. The van der Waals surface area contributed by atoms with E-state index < -0.39 is 0 Å². The zero-order valence-corrected chi connectivity index (χ0v) is 13.1. The van der Waals surface area contributed by atoms with Gasteiger partial charge in [0.1, 0.15) is 18.8 Å². The van der Waals surface area contributed by atoms with Gasteiger partial charge in [-0.15, -0.1) is 0 Å². The average molecular weight is 309 g/mol. The van der Waals surface area contributed by atoms with Crippen LogP contribution in [0.15, 0.2) is 41.7 Å². The highest BCUT2D eigenvalue weighted by molar-refractivity contribution is 5.88. The van der Waals surface area contributed by atoms with Crippen LogP contribution in [0, 0.1) is 11.8 Å². The summed E-state index contributed by atoms with van der Waals surface area (Å²) >= 11 is 0. The van der Waals surface area contributed by atoms with Crippen molar-refractivity contribution in [3.8, 4) is 11.8 Å². The van der Waals surface area contributed by atoms with Crippen molar-refractivity contribution >= 4 is 16.7 Å². The molecule has 0 amide bonds. The van der Waals surface area contributed by atoms with Crippen LogP contribution in [0.4, 0.5) is 10.2 Å². The third-order valence-corrected chi connectivity index (χ3v) is 4.07. The lowest BCUT2D eigenvalue weighted by Gasteiger charge is -2.13. The fraction of sp³-hybridized carbons (Fsp3) is 0.368. The van der Waals surface area contributed by atoms with Crippen LogP contribution in [0.5, 0.6) is 0 Å². The second-order valence-electron chi connectivity index (χ2n) is 5.64. The van der Waals surface area contributed by atoms with E-state index in [-0.39, 0.29) is 6.67 Å². The van der Waals surface area contributed by atoms with Crippen molar-refractivity contribution in [2.75, 3.05) is 18.5 Å². The van der Waals surface area contributed by atoms with E-state index in [2.05, 4.69) is 27.1 Å². The van der Waals surface area contributed by atoms with Crippen LogP contribution in [0.3, 0.4) is 0 Å². The maximum Gasteiger partial charge on any atom is 0.137 e. The molecule has 3 nitrogen and oxygen atoms in total.